The molecule has 0 amide bonds. The van der Waals surface area contributed by atoms with Crippen LogP contribution in [0.5, 0.6) is 0 Å². The highest BCUT2D eigenvalue weighted by atomic mass is 16.5. The summed E-state index contributed by atoms with van der Waals surface area (Å²) in [4.78, 5) is 22.6. The second kappa shape index (κ2) is 8.13. The molecule has 104 valence electrons. The summed E-state index contributed by atoms with van der Waals surface area (Å²) in [7, 11) is 2.67. The Labute approximate surface area is 112 Å². The van der Waals surface area contributed by atoms with Crippen molar-refractivity contribution in [3.63, 3.8) is 0 Å². The van der Waals surface area contributed by atoms with Crippen molar-refractivity contribution in [2.75, 3.05) is 26.1 Å². The molecule has 0 atom stereocenters. The Morgan fingerprint density at radius 1 is 1.05 bits per heavy atom. The summed E-state index contributed by atoms with van der Waals surface area (Å²) in [6.07, 6.45) is 0.372. The van der Waals surface area contributed by atoms with E-state index in [1.807, 2.05) is 30.3 Å². The lowest BCUT2D eigenvalue weighted by molar-refractivity contribution is -0.144. The van der Waals surface area contributed by atoms with Gasteiger partial charge in [0.25, 0.3) is 0 Å². The van der Waals surface area contributed by atoms with Gasteiger partial charge in [-0.25, -0.2) is 0 Å². The average molecular weight is 265 g/mol. The Bertz CT molecular complexity index is 387. The number of carbonyl (C=O) groups excluding carboxylic acids is 2. The topological polar surface area (TPSA) is 64.6 Å². The minimum Gasteiger partial charge on any atom is -0.469 e. The quantitative estimate of drug-likeness (QED) is 0.762. The third-order valence-corrected chi connectivity index (χ3v) is 2.73. The normalized spacial score (nSPS) is 10.1. The van der Waals surface area contributed by atoms with Gasteiger partial charge in [0.1, 0.15) is 0 Å². The van der Waals surface area contributed by atoms with Gasteiger partial charge in [0.15, 0.2) is 0 Å². The van der Waals surface area contributed by atoms with Crippen LogP contribution < -0.4 is 5.32 Å². The van der Waals surface area contributed by atoms with E-state index >= 15 is 0 Å². The van der Waals surface area contributed by atoms with Gasteiger partial charge in [-0.3, -0.25) is 9.59 Å². The molecule has 5 nitrogen and oxygen atoms in total. The molecule has 0 aliphatic heterocycles. The largest absolute Gasteiger partial charge is 0.469 e. The Morgan fingerprint density at radius 2 is 1.58 bits per heavy atom. The van der Waals surface area contributed by atoms with Crippen LogP contribution in [0.15, 0.2) is 30.3 Å². The Kier molecular flexibility index (Phi) is 6.43. The van der Waals surface area contributed by atoms with E-state index in [0.717, 1.165) is 5.69 Å². The van der Waals surface area contributed by atoms with E-state index < -0.39 is 0 Å². The van der Waals surface area contributed by atoms with E-state index in [9.17, 15) is 9.59 Å². The van der Waals surface area contributed by atoms with Crippen molar-refractivity contribution in [3.8, 4) is 0 Å². The summed E-state index contributed by atoms with van der Waals surface area (Å²) < 4.78 is 9.26. The lowest BCUT2D eigenvalue weighted by atomic mass is 10.0. The number of ether oxygens (including phenoxy) is 2. The minimum atomic E-state index is -0.330. The first-order chi connectivity index (χ1) is 9.15. The third-order valence-electron chi connectivity index (χ3n) is 2.73. The van der Waals surface area contributed by atoms with E-state index in [1.165, 1.54) is 14.2 Å². The SMILES string of the molecule is COC(=O)CC(CNc1ccccc1)CC(=O)OC. The van der Waals surface area contributed by atoms with Crippen LogP contribution >= 0.6 is 0 Å². The molecule has 0 bridgehead atoms. The zero-order valence-electron chi connectivity index (χ0n) is 11.2. The van der Waals surface area contributed by atoms with Crippen LogP contribution in [0.1, 0.15) is 12.8 Å². The van der Waals surface area contributed by atoms with E-state index in [-0.39, 0.29) is 30.7 Å². The number of carbonyl (C=O) groups is 2. The minimum absolute atomic E-state index is 0.153. The van der Waals surface area contributed by atoms with E-state index in [0.29, 0.717) is 6.54 Å². The summed E-state index contributed by atoms with van der Waals surface area (Å²) in [5.41, 5.74) is 0.947. The average Bonchev–Trinajstić information content (AvgIpc) is 2.45. The molecule has 0 radical (unpaired) electrons. The maximum Gasteiger partial charge on any atom is 0.305 e. The fraction of sp³-hybridized carbons (Fsp3) is 0.429. The summed E-state index contributed by atoms with van der Waals surface area (Å²) in [6.45, 7) is 0.508. The van der Waals surface area contributed by atoms with Crippen LogP contribution in [0.25, 0.3) is 0 Å². The van der Waals surface area contributed by atoms with Crippen molar-refractivity contribution >= 4 is 17.6 Å². The molecule has 0 spiro atoms. The summed E-state index contributed by atoms with van der Waals surface area (Å²) in [5.74, 6) is -0.812. The fourth-order valence-electron chi connectivity index (χ4n) is 1.67. The van der Waals surface area contributed by atoms with Crippen LogP contribution in [0.3, 0.4) is 0 Å². The number of hydrogen-bond donors (Lipinski definition) is 1. The van der Waals surface area contributed by atoms with Crippen LogP contribution in [0.2, 0.25) is 0 Å². The number of para-hydroxylation sites is 1. The standard InChI is InChI=1S/C14H19NO4/c1-18-13(16)8-11(9-14(17)19-2)10-15-12-6-4-3-5-7-12/h3-7,11,15H,8-10H2,1-2H3. The molecule has 0 saturated heterocycles. The van der Waals surface area contributed by atoms with Crippen molar-refractivity contribution in [1.29, 1.82) is 0 Å². The molecule has 5 heteroatoms. The van der Waals surface area contributed by atoms with Crippen LogP contribution in [-0.2, 0) is 19.1 Å². The van der Waals surface area contributed by atoms with E-state index in [4.69, 9.17) is 0 Å². The molecular weight excluding hydrogens is 246 g/mol. The first-order valence-electron chi connectivity index (χ1n) is 6.08. The highest BCUT2D eigenvalue weighted by Gasteiger charge is 2.18. The maximum atomic E-state index is 11.3. The predicted octanol–water partition coefficient (Wildman–Crippen LogP) is 1.84. The van der Waals surface area contributed by atoms with Gasteiger partial charge in [-0.15, -0.1) is 0 Å². The molecule has 1 aromatic carbocycles. The highest BCUT2D eigenvalue weighted by Crippen LogP contribution is 2.13. The number of anilines is 1. The van der Waals surface area contributed by atoms with Gasteiger partial charge in [0.2, 0.25) is 0 Å². The Morgan fingerprint density at radius 3 is 2.05 bits per heavy atom. The van der Waals surface area contributed by atoms with Gasteiger partial charge in [-0.05, 0) is 18.1 Å². The number of esters is 2. The fourth-order valence-corrected chi connectivity index (χ4v) is 1.67. The summed E-state index contributed by atoms with van der Waals surface area (Å²) in [6, 6.07) is 9.60. The molecule has 0 heterocycles. The zero-order valence-corrected chi connectivity index (χ0v) is 11.2. The Hall–Kier alpha value is -2.04. The van der Waals surface area contributed by atoms with Crippen molar-refractivity contribution < 1.29 is 19.1 Å². The number of methoxy groups -OCH3 is 2. The van der Waals surface area contributed by atoms with Crippen LogP contribution in [0.4, 0.5) is 5.69 Å². The van der Waals surface area contributed by atoms with Gasteiger partial charge < -0.3 is 14.8 Å². The molecule has 1 rings (SSSR count). The van der Waals surface area contributed by atoms with Crippen molar-refractivity contribution in [2.24, 2.45) is 5.92 Å². The molecular formula is C14H19NO4. The lowest BCUT2D eigenvalue weighted by Crippen LogP contribution is -2.22. The van der Waals surface area contributed by atoms with Crippen molar-refractivity contribution in [2.45, 2.75) is 12.8 Å². The second-order valence-electron chi connectivity index (χ2n) is 4.17. The van der Waals surface area contributed by atoms with Crippen LogP contribution in [-0.4, -0.2) is 32.7 Å². The van der Waals surface area contributed by atoms with Crippen molar-refractivity contribution in [1.82, 2.24) is 0 Å². The number of rotatable bonds is 7. The molecule has 0 aliphatic carbocycles. The molecule has 0 aromatic heterocycles. The molecule has 0 saturated carbocycles. The second-order valence-corrected chi connectivity index (χ2v) is 4.17. The maximum absolute atomic E-state index is 11.3. The lowest BCUT2D eigenvalue weighted by Gasteiger charge is -2.16. The summed E-state index contributed by atoms with van der Waals surface area (Å²) in [5, 5.41) is 3.19. The van der Waals surface area contributed by atoms with E-state index in [2.05, 4.69) is 14.8 Å². The molecule has 0 fully saturated rings. The van der Waals surface area contributed by atoms with Gasteiger partial charge in [-0.2, -0.15) is 0 Å². The van der Waals surface area contributed by atoms with Gasteiger partial charge in [-0.1, -0.05) is 18.2 Å². The molecule has 0 unspecified atom stereocenters. The Balaban J connectivity index is 2.53. The molecule has 1 aromatic rings. The van der Waals surface area contributed by atoms with Gasteiger partial charge in [0.05, 0.1) is 27.1 Å². The number of benzene rings is 1. The third kappa shape index (κ3) is 5.90. The summed E-state index contributed by atoms with van der Waals surface area (Å²) >= 11 is 0. The zero-order chi connectivity index (χ0) is 14.1. The monoisotopic (exact) mass is 265 g/mol. The van der Waals surface area contributed by atoms with Gasteiger partial charge >= 0.3 is 11.9 Å². The van der Waals surface area contributed by atoms with E-state index in [1.54, 1.807) is 0 Å². The first kappa shape index (κ1) is 15.0. The van der Waals surface area contributed by atoms with Gasteiger partial charge in [0, 0.05) is 12.2 Å². The van der Waals surface area contributed by atoms with Crippen molar-refractivity contribution in [3.05, 3.63) is 30.3 Å². The first-order valence-corrected chi connectivity index (χ1v) is 6.08. The molecule has 19 heavy (non-hydrogen) atoms. The molecule has 0 aliphatic rings. The highest BCUT2D eigenvalue weighted by molar-refractivity contribution is 5.73. The van der Waals surface area contributed by atoms with Crippen LogP contribution in [0, 0.1) is 5.92 Å². The predicted molar refractivity (Wildman–Crippen MR) is 71.7 cm³/mol. The molecule has 1 N–H and O–H groups in total. The number of hydrogen-bond acceptors (Lipinski definition) is 5. The number of nitrogens with one attached hydrogen (secondary N) is 1. The smallest absolute Gasteiger partial charge is 0.305 e.